The van der Waals surface area contributed by atoms with E-state index in [2.05, 4.69) is 30.7 Å². The van der Waals surface area contributed by atoms with Crippen LogP contribution >= 0.6 is 0 Å². The van der Waals surface area contributed by atoms with Crippen LogP contribution in [0.1, 0.15) is 6.42 Å². The Morgan fingerprint density at radius 2 is 2.07 bits per heavy atom. The van der Waals surface area contributed by atoms with Crippen molar-refractivity contribution in [3.63, 3.8) is 0 Å². The fraction of sp³-hybridized carbons (Fsp3) is 0.444. The molecule has 3 aromatic rings. The molecule has 3 aromatic heterocycles. The van der Waals surface area contributed by atoms with Gasteiger partial charge >= 0.3 is 0 Å². The summed E-state index contributed by atoms with van der Waals surface area (Å²) in [6.07, 6.45) is 4.61. The average molecular weight is 366 g/mol. The van der Waals surface area contributed by atoms with Crippen LogP contribution in [-0.4, -0.2) is 70.6 Å². The number of hydrogen-bond donors (Lipinski definition) is 3. The molecule has 2 fully saturated rings. The van der Waals surface area contributed by atoms with Crippen LogP contribution in [-0.2, 0) is 4.74 Å². The van der Waals surface area contributed by atoms with Crippen molar-refractivity contribution in [1.29, 1.82) is 0 Å². The predicted octanol–water partition coefficient (Wildman–Crippen LogP) is 1.03. The Kier molecular flexibility index (Phi) is 4.30. The zero-order valence-electron chi connectivity index (χ0n) is 15.0. The minimum absolute atomic E-state index is 0.365. The number of hydrogen-bond acceptors (Lipinski definition) is 8. The maximum absolute atomic E-state index is 5.48. The number of morpholine rings is 1. The number of rotatable bonds is 4. The molecule has 0 saturated carbocycles. The molecule has 0 amide bonds. The third-order valence-electron chi connectivity index (χ3n) is 5.05. The first-order valence-electron chi connectivity index (χ1n) is 9.35. The minimum Gasteiger partial charge on any atom is -0.378 e. The lowest BCUT2D eigenvalue weighted by Gasteiger charge is -2.27. The fourth-order valence-electron chi connectivity index (χ4n) is 3.61. The molecular formula is C18H22N8O. The summed E-state index contributed by atoms with van der Waals surface area (Å²) in [5.41, 5.74) is 2.46. The molecule has 2 aliphatic heterocycles. The highest BCUT2D eigenvalue weighted by Gasteiger charge is 2.21. The highest BCUT2D eigenvalue weighted by Crippen LogP contribution is 2.30. The largest absolute Gasteiger partial charge is 0.378 e. The second-order valence-electron chi connectivity index (χ2n) is 6.83. The van der Waals surface area contributed by atoms with Crippen molar-refractivity contribution in [2.75, 3.05) is 49.6 Å². The molecule has 0 unspecified atom stereocenters. The quantitative estimate of drug-likeness (QED) is 0.629. The Morgan fingerprint density at radius 1 is 1.15 bits per heavy atom. The molecule has 27 heavy (non-hydrogen) atoms. The van der Waals surface area contributed by atoms with E-state index in [-0.39, 0.29) is 0 Å². The third kappa shape index (κ3) is 3.19. The molecule has 1 atom stereocenters. The highest BCUT2D eigenvalue weighted by molar-refractivity contribution is 5.97. The number of ether oxygens (including phenoxy) is 1. The number of nitrogens with one attached hydrogen (secondary N) is 3. The molecular weight excluding hydrogens is 344 g/mol. The van der Waals surface area contributed by atoms with Gasteiger partial charge in [0.25, 0.3) is 0 Å². The molecule has 5 rings (SSSR count). The van der Waals surface area contributed by atoms with E-state index in [0.717, 1.165) is 60.7 Å². The predicted molar refractivity (Wildman–Crippen MR) is 103 cm³/mol. The number of aromatic nitrogens is 5. The van der Waals surface area contributed by atoms with Gasteiger partial charge in [-0.2, -0.15) is 10.1 Å². The Morgan fingerprint density at radius 3 is 2.85 bits per heavy atom. The van der Waals surface area contributed by atoms with Gasteiger partial charge in [0.1, 0.15) is 17.0 Å². The SMILES string of the molecule is c1cc(-c2nccc3c(N[C@@H]4CCNC4)nc(N4CCOCC4)nc23)[nH]n1. The van der Waals surface area contributed by atoms with Gasteiger partial charge in [-0.25, -0.2) is 4.98 Å². The van der Waals surface area contributed by atoms with E-state index in [1.165, 1.54) is 0 Å². The summed E-state index contributed by atoms with van der Waals surface area (Å²) in [6, 6.07) is 4.25. The molecule has 9 nitrogen and oxygen atoms in total. The summed E-state index contributed by atoms with van der Waals surface area (Å²) in [4.78, 5) is 16.5. The van der Waals surface area contributed by atoms with E-state index in [0.29, 0.717) is 25.2 Å². The molecule has 3 N–H and O–H groups in total. The lowest BCUT2D eigenvalue weighted by atomic mass is 10.1. The molecule has 2 aliphatic rings. The maximum atomic E-state index is 5.48. The zero-order valence-corrected chi connectivity index (χ0v) is 15.0. The van der Waals surface area contributed by atoms with Crippen molar-refractivity contribution in [1.82, 2.24) is 30.5 Å². The van der Waals surface area contributed by atoms with E-state index in [4.69, 9.17) is 14.7 Å². The van der Waals surface area contributed by atoms with Gasteiger partial charge in [-0.05, 0) is 25.1 Å². The fourth-order valence-corrected chi connectivity index (χ4v) is 3.61. The minimum atomic E-state index is 0.365. The van der Waals surface area contributed by atoms with Crippen LogP contribution in [0.3, 0.4) is 0 Å². The second-order valence-corrected chi connectivity index (χ2v) is 6.83. The first-order chi connectivity index (χ1) is 13.4. The highest BCUT2D eigenvalue weighted by atomic mass is 16.5. The number of anilines is 2. The molecule has 0 spiro atoms. The number of aromatic amines is 1. The normalized spacial score (nSPS) is 20.3. The second kappa shape index (κ2) is 7.09. The van der Waals surface area contributed by atoms with Gasteiger partial charge in [-0.15, -0.1) is 0 Å². The maximum Gasteiger partial charge on any atom is 0.228 e. The van der Waals surface area contributed by atoms with Crippen molar-refractivity contribution < 1.29 is 4.74 Å². The first kappa shape index (κ1) is 16.4. The van der Waals surface area contributed by atoms with Crippen molar-refractivity contribution in [2.45, 2.75) is 12.5 Å². The molecule has 0 aliphatic carbocycles. The van der Waals surface area contributed by atoms with E-state index in [1.807, 2.05) is 12.1 Å². The summed E-state index contributed by atoms with van der Waals surface area (Å²) >= 11 is 0. The number of nitrogens with zero attached hydrogens (tertiary/aromatic N) is 5. The van der Waals surface area contributed by atoms with Gasteiger partial charge in [-0.1, -0.05) is 0 Å². The van der Waals surface area contributed by atoms with Crippen LogP contribution in [0.25, 0.3) is 22.3 Å². The van der Waals surface area contributed by atoms with Crippen molar-refractivity contribution >= 4 is 22.7 Å². The summed E-state index contributed by atoms with van der Waals surface area (Å²) in [6.45, 7) is 4.92. The summed E-state index contributed by atoms with van der Waals surface area (Å²) in [5.74, 6) is 1.58. The standard InChI is InChI=1S/C18H22N8O/c1-4-19-11-12(1)22-17-13-2-5-20-16(14-3-6-21-25-14)15(13)23-18(24-17)26-7-9-27-10-8-26/h2-3,5-6,12,19H,1,4,7-11H2,(H,21,25)(H,22,23,24)/t12-/m1/s1. The lowest BCUT2D eigenvalue weighted by molar-refractivity contribution is 0.122. The number of fused-ring (bicyclic) bond motifs is 1. The van der Waals surface area contributed by atoms with E-state index < -0.39 is 0 Å². The smallest absolute Gasteiger partial charge is 0.228 e. The summed E-state index contributed by atoms with van der Waals surface area (Å²) in [5, 5.41) is 15.0. The number of pyridine rings is 1. The monoisotopic (exact) mass is 366 g/mol. The van der Waals surface area contributed by atoms with Crippen LogP contribution in [0.5, 0.6) is 0 Å². The van der Waals surface area contributed by atoms with Crippen molar-refractivity contribution in [3.8, 4) is 11.4 Å². The van der Waals surface area contributed by atoms with E-state index in [9.17, 15) is 0 Å². The van der Waals surface area contributed by atoms with Gasteiger partial charge in [0, 0.05) is 43.5 Å². The summed E-state index contributed by atoms with van der Waals surface area (Å²) < 4.78 is 5.48. The summed E-state index contributed by atoms with van der Waals surface area (Å²) in [7, 11) is 0. The molecule has 9 heteroatoms. The van der Waals surface area contributed by atoms with Crippen LogP contribution in [0.4, 0.5) is 11.8 Å². The topological polar surface area (TPSA) is 104 Å². The molecule has 0 aromatic carbocycles. The van der Waals surface area contributed by atoms with Gasteiger partial charge < -0.3 is 20.3 Å². The van der Waals surface area contributed by atoms with Crippen LogP contribution < -0.4 is 15.5 Å². The first-order valence-corrected chi connectivity index (χ1v) is 9.35. The van der Waals surface area contributed by atoms with Gasteiger partial charge in [0.2, 0.25) is 5.95 Å². The van der Waals surface area contributed by atoms with Gasteiger partial charge in [-0.3, -0.25) is 10.1 Å². The molecule has 0 radical (unpaired) electrons. The average Bonchev–Trinajstić information content (AvgIpc) is 3.42. The van der Waals surface area contributed by atoms with Crippen molar-refractivity contribution in [2.24, 2.45) is 0 Å². The Balaban J connectivity index is 1.64. The molecule has 140 valence electrons. The van der Waals surface area contributed by atoms with Gasteiger partial charge in [0.05, 0.1) is 18.9 Å². The Bertz CT molecular complexity index is 917. The van der Waals surface area contributed by atoms with Gasteiger partial charge in [0.15, 0.2) is 0 Å². The van der Waals surface area contributed by atoms with E-state index in [1.54, 1.807) is 12.4 Å². The van der Waals surface area contributed by atoms with Crippen molar-refractivity contribution in [3.05, 3.63) is 24.5 Å². The van der Waals surface area contributed by atoms with Crippen LogP contribution in [0.2, 0.25) is 0 Å². The molecule has 5 heterocycles. The number of H-pyrrole nitrogens is 1. The Labute approximate surface area is 156 Å². The van der Waals surface area contributed by atoms with Crippen LogP contribution in [0.15, 0.2) is 24.5 Å². The lowest BCUT2D eigenvalue weighted by Crippen LogP contribution is -2.37. The third-order valence-corrected chi connectivity index (χ3v) is 5.05. The van der Waals surface area contributed by atoms with Crippen LogP contribution in [0, 0.1) is 0 Å². The van der Waals surface area contributed by atoms with E-state index >= 15 is 0 Å². The zero-order chi connectivity index (χ0) is 18.1. The molecule has 2 saturated heterocycles. The molecule has 0 bridgehead atoms. The Hall–Kier alpha value is -2.78.